The third kappa shape index (κ3) is 4.71. The zero-order chi connectivity index (χ0) is 15.2. The number of benzene rings is 1. The summed E-state index contributed by atoms with van der Waals surface area (Å²) in [5.41, 5.74) is 6.73. The molecule has 0 aliphatic carbocycles. The van der Waals surface area contributed by atoms with E-state index in [2.05, 4.69) is 10.2 Å². The van der Waals surface area contributed by atoms with Gasteiger partial charge in [-0.2, -0.15) is 0 Å². The van der Waals surface area contributed by atoms with E-state index < -0.39 is 0 Å². The van der Waals surface area contributed by atoms with E-state index >= 15 is 0 Å². The third-order valence-electron chi connectivity index (χ3n) is 3.51. The second-order valence-corrected chi connectivity index (χ2v) is 6.10. The molecule has 2 unspecified atom stereocenters. The molecule has 1 heterocycles. The Morgan fingerprint density at radius 3 is 3.05 bits per heavy atom. The number of carbonyl (C=O) groups is 1. The van der Waals surface area contributed by atoms with Gasteiger partial charge in [0.25, 0.3) is 0 Å². The number of morpholine rings is 1. The van der Waals surface area contributed by atoms with Gasteiger partial charge in [-0.25, -0.2) is 0 Å². The van der Waals surface area contributed by atoms with Crippen LogP contribution in [-0.4, -0.2) is 55.4 Å². The number of ether oxygens (including phenoxy) is 1. The van der Waals surface area contributed by atoms with Crippen molar-refractivity contribution in [1.29, 1.82) is 0 Å². The van der Waals surface area contributed by atoms with Crippen LogP contribution in [0.15, 0.2) is 29.2 Å². The van der Waals surface area contributed by atoms with Gasteiger partial charge >= 0.3 is 0 Å². The topological polar surface area (TPSA) is 67.6 Å². The van der Waals surface area contributed by atoms with Crippen LogP contribution in [0.3, 0.4) is 0 Å². The Morgan fingerprint density at radius 1 is 1.57 bits per heavy atom. The molecule has 1 aliphatic rings. The summed E-state index contributed by atoms with van der Waals surface area (Å²) in [5.74, 6) is 0.00169. The van der Waals surface area contributed by atoms with Crippen LogP contribution < -0.4 is 11.1 Å². The lowest BCUT2D eigenvalue weighted by Crippen LogP contribution is -2.51. The van der Waals surface area contributed by atoms with Gasteiger partial charge in [0, 0.05) is 24.0 Å². The van der Waals surface area contributed by atoms with Crippen LogP contribution in [-0.2, 0) is 9.53 Å². The van der Waals surface area contributed by atoms with E-state index in [1.54, 1.807) is 11.8 Å². The van der Waals surface area contributed by atoms with Crippen LogP contribution in [0.25, 0.3) is 0 Å². The highest BCUT2D eigenvalue weighted by atomic mass is 32.2. The number of nitrogens with one attached hydrogen (secondary N) is 1. The van der Waals surface area contributed by atoms with Crippen molar-refractivity contribution in [2.24, 2.45) is 5.73 Å². The number of nitrogens with two attached hydrogens (primary N) is 1. The quantitative estimate of drug-likeness (QED) is 0.805. The Labute approximate surface area is 130 Å². The van der Waals surface area contributed by atoms with Crippen molar-refractivity contribution in [3.05, 3.63) is 24.3 Å². The first-order valence-electron chi connectivity index (χ1n) is 7.12. The molecule has 116 valence electrons. The van der Waals surface area contributed by atoms with Crippen molar-refractivity contribution in [2.45, 2.75) is 24.0 Å². The number of nitrogens with zero attached hydrogens (tertiary/aromatic N) is 1. The standard InChI is InChI=1S/C15H23N3O2S/c1-11(16)13-9-18(7-8-20-13)10-15(19)17-12-5-3-4-6-14(12)21-2/h3-6,11,13H,7-10,16H2,1-2H3,(H,17,19). The summed E-state index contributed by atoms with van der Waals surface area (Å²) < 4.78 is 5.60. The van der Waals surface area contributed by atoms with E-state index in [1.807, 2.05) is 37.4 Å². The van der Waals surface area contributed by atoms with Crippen LogP contribution in [0.2, 0.25) is 0 Å². The molecular weight excluding hydrogens is 286 g/mol. The van der Waals surface area contributed by atoms with Gasteiger partial charge in [0.05, 0.1) is 24.9 Å². The highest BCUT2D eigenvalue weighted by molar-refractivity contribution is 7.98. The van der Waals surface area contributed by atoms with E-state index in [0.29, 0.717) is 19.7 Å². The monoisotopic (exact) mass is 309 g/mol. The lowest BCUT2D eigenvalue weighted by Gasteiger charge is -2.34. The summed E-state index contributed by atoms with van der Waals surface area (Å²) in [6.07, 6.45) is 2.00. The number of thioether (sulfide) groups is 1. The molecule has 0 radical (unpaired) electrons. The van der Waals surface area contributed by atoms with Crippen LogP contribution in [0.4, 0.5) is 5.69 Å². The van der Waals surface area contributed by atoms with Crippen molar-refractivity contribution in [3.63, 3.8) is 0 Å². The van der Waals surface area contributed by atoms with Gasteiger partial charge in [-0.15, -0.1) is 11.8 Å². The lowest BCUT2D eigenvalue weighted by molar-refractivity contribution is -0.119. The second kappa shape index (κ2) is 7.79. The predicted molar refractivity (Wildman–Crippen MR) is 86.7 cm³/mol. The van der Waals surface area contributed by atoms with Gasteiger partial charge in [0.15, 0.2) is 0 Å². The zero-order valence-electron chi connectivity index (χ0n) is 12.5. The van der Waals surface area contributed by atoms with Crippen LogP contribution in [0.5, 0.6) is 0 Å². The minimum absolute atomic E-state index is 0.00169. The molecule has 0 saturated carbocycles. The van der Waals surface area contributed by atoms with Gasteiger partial charge in [-0.1, -0.05) is 12.1 Å². The predicted octanol–water partition coefficient (Wildman–Crippen LogP) is 1.39. The highest BCUT2D eigenvalue weighted by Crippen LogP contribution is 2.24. The first kappa shape index (κ1) is 16.3. The van der Waals surface area contributed by atoms with Crippen LogP contribution >= 0.6 is 11.8 Å². The molecule has 0 bridgehead atoms. The molecule has 1 saturated heterocycles. The van der Waals surface area contributed by atoms with Crippen LogP contribution in [0, 0.1) is 0 Å². The first-order chi connectivity index (χ1) is 10.1. The molecule has 6 heteroatoms. The van der Waals surface area contributed by atoms with Crippen molar-refractivity contribution in [1.82, 2.24) is 4.90 Å². The molecular formula is C15H23N3O2S. The van der Waals surface area contributed by atoms with Crippen molar-refractivity contribution in [3.8, 4) is 0 Å². The summed E-state index contributed by atoms with van der Waals surface area (Å²) in [5, 5.41) is 2.98. The van der Waals surface area contributed by atoms with E-state index in [-0.39, 0.29) is 18.1 Å². The van der Waals surface area contributed by atoms with Gasteiger partial charge in [-0.3, -0.25) is 9.69 Å². The van der Waals surface area contributed by atoms with Gasteiger partial charge in [-0.05, 0) is 25.3 Å². The Hall–Kier alpha value is -1.08. The maximum atomic E-state index is 12.2. The number of rotatable bonds is 5. The molecule has 1 aromatic rings. The number of anilines is 1. The molecule has 1 aliphatic heterocycles. The fourth-order valence-corrected chi connectivity index (χ4v) is 2.89. The zero-order valence-corrected chi connectivity index (χ0v) is 13.4. The largest absolute Gasteiger partial charge is 0.374 e. The molecule has 1 fully saturated rings. The minimum Gasteiger partial charge on any atom is -0.374 e. The molecule has 0 spiro atoms. The van der Waals surface area contributed by atoms with E-state index in [4.69, 9.17) is 10.5 Å². The molecule has 5 nitrogen and oxygen atoms in total. The number of amides is 1. The summed E-state index contributed by atoms with van der Waals surface area (Å²) in [7, 11) is 0. The second-order valence-electron chi connectivity index (χ2n) is 5.25. The van der Waals surface area contributed by atoms with Gasteiger partial charge in [0.1, 0.15) is 0 Å². The minimum atomic E-state index is -0.0203. The van der Waals surface area contributed by atoms with E-state index in [1.165, 1.54) is 0 Å². The summed E-state index contributed by atoms with van der Waals surface area (Å²) >= 11 is 1.62. The fourth-order valence-electron chi connectivity index (χ4n) is 2.33. The average molecular weight is 309 g/mol. The Balaban J connectivity index is 1.89. The number of hydrogen-bond acceptors (Lipinski definition) is 5. The summed E-state index contributed by atoms with van der Waals surface area (Å²) in [6, 6.07) is 7.80. The van der Waals surface area contributed by atoms with Crippen molar-refractivity contribution >= 4 is 23.4 Å². The molecule has 1 aromatic carbocycles. The van der Waals surface area contributed by atoms with Crippen molar-refractivity contribution in [2.75, 3.05) is 37.8 Å². The normalized spacial score (nSPS) is 21.0. The summed E-state index contributed by atoms with van der Waals surface area (Å²) in [4.78, 5) is 15.4. The fraction of sp³-hybridized carbons (Fsp3) is 0.533. The maximum Gasteiger partial charge on any atom is 0.238 e. The Bertz CT molecular complexity index is 482. The number of carbonyl (C=O) groups excluding carboxylic acids is 1. The maximum absolute atomic E-state index is 12.2. The highest BCUT2D eigenvalue weighted by Gasteiger charge is 2.24. The molecule has 2 rings (SSSR count). The third-order valence-corrected chi connectivity index (χ3v) is 4.31. The SMILES string of the molecule is CSc1ccccc1NC(=O)CN1CCOC(C(C)N)C1. The molecule has 1 amide bonds. The van der Waals surface area contributed by atoms with Crippen LogP contribution in [0.1, 0.15) is 6.92 Å². The molecule has 2 atom stereocenters. The molecule has 3 N–H and O–H groups in total. The number of para-hydroxylation sites is 1. The number of hydrogen-bond donors (Lipinski definition) is 2. The smallest absolute Gasteiger partial charge is 0.238 e. The Morgan fingerprint density at radius 2 is 2.33 bits per heavy atom. The Kier molecular flexibility index (Phi) is 6.05. The molecule has 21 heavy (non-hydrogen) atoms. The van der Waals surface area contributed by atoms with Gasteiger partial charge < -0.3 is 15.8 Å². The molecule has 0 aromatic heterocycles. The van der Waals surface area contributed by atoms with Crippen molar-refractivity contribution < 1.29 is 9.53 Å². The van der Waals surface area contributed by atoms with E-state index in [0.717, 1.165) is 17.1 Å². The average Bonchev–Trinajstić information content (AvgIpc) is 2.48. The first-order valence-corrected chi connectivity index (χ1v) is 8.35. The summed E-state index contributed by atoms with van der Waals surface area (Å²) in [6.45, 7) is 4.40. The van der Waals surface area contributed by atoms with E-state index in [9.17, 15) is 4.79 Å². The van der Waals surface area contributed by atoms with Gasteiger partial charge in [0.2, 0.25) is 5.91 Å². The lowest BCUT2D eigenvalue weighted by atomic mass is 10.1.